The molecule has 39 heavy (non-hydrogen) atoms. The van der Waals surface area contributed by atoms with E-state index in [0.717, 1.165) is 16.7 Å². The highest BCUT2D eigenvalue weighted by Gasteiger charge is 2.49. The molecule has 3 aromatic carbocycles. The molecule has 1 aliphatic carbocycles. The fraction of sp³-hybridized carbons (Fsp3) is 0.281. The maximum atomic E-state index is 13.5. The second kappa shape index (κ2) is 12.9. The molecule has 3 aromatic rings. The van der Waals surface area contributed by atoms with Crippen molar-refractivity contribution in [2.45, 2.75) is 30.6 Å². The van der Waals surface area contributed by atoms with E-state index in [9.17, 15) is 14.4 Å². The molecule has 7 nitrogen and oxygen atoms in total. The first kappa shape index (κ1) is 27.6. The summed E-state index contributed by atoms with van der Waals surface area (Å²) in [4.78, 5) is 39.3. The van der Waals surface area contributed by atoms with E-state index in [-0.39, 0.29) is 24.4 Å². The molecule has 2 N–H and O–H groups in total. The number of methoxy groups -OCH3 is 1. The molecule has 0 bridgehead atoms. The lowest BCUT2D eigenvalue weighted by Gasteiger charge is -2.40. The van der Waals surface area contributed by atoms with Crippen molar-refractivity contribution in [2.24, 2.45) is 0 Å². The van der Waals surface area contributed by atoms with E-state index < -0.39 is 11.3 Å². The number of fused-ring (bicyclic) bond motifs is 1. The molecular weight excluding hydrogens is 492 g/mol. The van der Waals surface area contributed by atoms with E-state index >= 15 is 0 Å². The van der Waals surface area contributed by atoms with Gasteiger partial charge in [-0.3, -0.25) is 14.4 Å². The molecule has 0 spiro atoms. The Balaban J connectivity index is 1.44. The molecule has 7 heteroatoms. The Kier molecular flexibility index (Phi) is 9.15. The van der Waals surface area contributed by atoms with E-state index in [1.165, 1.54) is 7.11 Å². The fourth-order valence-corrected chi connectivity index (χ4v) is 5.28. The van der Waals surface area contributed by atoms with Gasteiger partial charge in [0.05, 0.1) is 18.6 Å². The Morgan fingerprint density at radius 2 is 1.64 bits per heavy atom. The largest absolute Gasteiger partial charge is 0.496 e. The molecular formula is C32H34N2O5. The zero-order valence-corrected chi connectivity index (χ0v) is 22.2. The Morgan fingerprint density at radius 3 is 2.41 bits per heavy atom. The number of carbonyl (C=O) groups excluding carboxylic acids is 3. The van der Waals surface area contributed by atoms with E-state index in [1.54, 1.807) is 24.3 Å². The molecule has 4 rings (SSSR count). The lowest BCUT2D eigenvalue weighted by molar-refractivity contribution is -0.148. The number of hydrogen-bond acceptors (Lipinski definition) is 5. The van der Waals surface area contributed by atoms with Gasteiger partial charge >= 0.3 is 5.97 Å². The summed E-state index contributed by atoms with van der Waals surface area (Å²) in [7, 11) is 1.53. The van der Waals surface area contributed by atoms with Gasteiger partial charge in [-0.25, -0.2) is 0 Å². The Labute approximate surface area is 229 Å². The van der Waals surface area contributed by atoms with E-state index in [0.29, 0.717) is 43.7 Å². The predicted molar refractivity (Wildman–Crippen MR) is 150 cm³/mol. The van der Waals surface area contributed by atoms with Gasteiger partial charge in [0.25, 0.3) is 5.91 Å². The highest BCUT2D eigenvalue weighted by atomic mass is 16.5. The molecule has 1 unspecified atom stereocenters. The second-order valence-corrected chi connectivity index (χ2v) is 9.44. The Morgan fingerprint density at radius 1 is 0.949 bits per heavy atom. The van der Waals surface area contributed by atoms with E-state index in [1.807, 2.05) is 60.7 Å². The molecule has 202 valence electrons. The number of nitrogens with one attached hydrogen (secondary N) is 2. The summed E-state index contributed by atoms with van der Waals surface area (Å²) in [6.07, 6.45) is 3.06. The van der Waals surface area contributed by atoms with Crippen LogP contribution in [0.1, 0.15) is 52.2 Å². The smallest absolute Gasteiger partial charge is 0.321 e. The minimum Gasteiger partial charge on any atom is -0.496 e. The zero-order valence-electron chi connectivity index (χ0n) is 22.2. The SMILES string of the molecule is C=CCOC(=O)C1(c2ccccc2)CC[C@@H](C(=O)NCCCNC(=O)c2ccccc2OC)c2ccccc21. The minimum atomic E-state index is -1.000. The number of amides is 2. The van der Waals surface area contributed by atoms with Gasteiger partial charge in [-0.05, 0) is 48.1 Å². The van der Waals surface area contributed by atoms with Crippen molar-refractivity contribution in [1.82, 2.24) is 10.6 Å². The van der Waals surface area contributed by atoms with Gasteiger partial charge in [-0.15, -0.1) is 0 Å². The average Bonchev–Trinajstić information content (AvgIpc) is 2.99. The maximum absolute atomic E-state index is 13.5. The van der Waals surface area contributed by atoms with Gasteiger partial charge < -0.3 is 20.1 Å². The van der Waals surface area contributed by atoms with Crippen LogP contribution in [0.25, 0.3) is 0 Å². The van der Waals surface area contributed by atoms with Gasteiger partial charge in [-0.1, -0.05) is 79.4 Å². The van der Waals surface area contributed by atoms with Crippen molar-refractivity contribution >= 4 is 17.8 Å². The summed E-state index contributed by atoms with van der Waals surface area (Å²) in [6, 6.07) is 24.3. The third kappa shape index (κ3) is 5.87. The summed E-state index contributed by atoms with van der Waals surface area (Å²) in [5, 5.41) is 5.89. The molecule has 0 heterocycles. The zero-order chi connectivity index (χ0) is 27.7. The van der Waals surface area contributed by atoms with Crippen molar-refractivity contribution in [3.05, 3.63) is 114 Å². The van der Waals surface area contributed by atoms with Crippen LogP contribution in [0, 0.1) is 0 Å². The molecule has 2 amide bonds. The molecule has 1 aliphatic rings. The van der Waals surface area contributed by atoms with Crippen LogP contribution >= 0.6 is 0 Å². The number of para-hydroxylation sites is 1. The van der Waals surface area contributed by atoms with Crippen molar-refractivity contribution in [3.63, 3.8) is 0 Å². The Bertz CT molecular complexity index is 1320. The van der Waals surface area contributed by atoms with Crippen molar-refractivity contribution in [2.75, 3.05) is 26.8 Å². The van der Waals surface area contributed by atoms with E-state index in [2.05, 4.69) is 17.2 Å². The number of carbonyl (C=O) groups is 3. The van der Waals surface area contributed by atoms with Gasteiger partial charge in [0.1, 0.15) is 17.8 Å². The maximum Gasteiger partial charge on any atom is 0.321 e. The molecule has 0 saturated heterocycles. The third-order valence-electron chi connectivity index (χ3n) is 7.16. The van der Waals surface area contributed by atoms with Crippen molar-refractivity contribution in [1.29, 1.82) is 0 Å². The van der Waals surface area contributed by atoms with Crippen LogP contribution in [0.2, 0.25) is 0 Å². The topological polar surface area (TPSA) is 93.7 Å². The van der Waals surface area contributed by atoms with Crippen LogP contribution in [-0.4, -0.2) is 44.6 Å². The van der Waals surface area contributed by atoms with Gasteiger partial charge in [0.2, 0.25) is 5.91 Å². The number of rotatable bonds is 11. The van der Waals surface area contributed by atoms with Crippen LogP contribution in [0.5, 0.6) is 5.75 Å². The van der Waals surface area contributed by atoms with Crippen LogP contribution in [0.4, 0.5) is 0 Å². The average molecular weight is 527 g/mol. The van der Waals surface area contributed by atoms with Gasteiger partial charge in [0, 0.05) is 13.1 Å². The van der Waals surface area contributed by atoms with Gasteiger partial charge in [-0.2, -0.15) is 0 Å². The summed E-state index contributed by atoms with van der Waals surface area (Å²) < 4.78 is 10.8. The first-order valence-electron chi connectivity index (χ1n) is 13.1. The molecule has 0 saturated carbocycles. The van der Waals surface area contributed by atoms with Gasteiger partial charge in [0.15, 0.2) is 0 Å². The standard InChI is InChI=1S/C32H34N2O5/c1-3-22-39-31(37)32(23-12-5-4-6-13-23)19-18-25(24-14-7-9-16-27(24)32)29(35)33-20-11-21-34-30(36)26-15-8-10-17-28(26)38-2/h3-10,12-17,25H,1,11,18-22H2,2H3,(H,33,35)(H,34,36)/t25-,32?/m1/s1. The number of benzene rings is 3. The monoisotopic (exact) mass is 526 g/mol. The molecule has 0 fully saturated rings. The summed E-state index contributed by atoms with van der Waals surface area (Å²) in [5.74, 6) is -0.543. The molecule has 2 atom stereocenters. The highest BCUT2D eigenvalue weighted by Crippen LogP contribution is 2.47. The number of esters is 1. The second-order valence-electron chi connectivity index (χ2n) is 9.44. The first-order chi connectivity index (χ1) is 19.0. The van der Waals surface area contributed by atoms with Crippen LogP contribution in [0.15, 0.2) is 91.5 Å². The first-order valence-corrected chi connectivity index (χ1v) is 13.1. The summed E-state index contributed by atoms with van der Waals surface area (Å²) >= 11 is 0. The number of hydrogen-bond donors (Lipinski definition) is 2. The predicted octanol–water partition coefficient (Wildman–Crippen LogP) is 4.52. The minimum absolute atomic E-state index is 0.0976. The lowest BCUT2D eigenvalue weighted by Crippen LogP contribution is -2.45. The van der Waals surface area contributed by atoms with Crippen LogP contribution in [0.3, 0.4) is 0 Å². The quantitative estimate of drug-likeness (QED) is 0.218. The normalized spacial score (nSPS) is 17.8. The lowest BCUT2D eigenvalue weighted by atomic mass is 9.63. The third-order valence-corrected chi connectivity index (χ3v) is 7.16. The highest BCUT2D eigenvalue weighted by molar-refractivity contribution is 5.97. The number of ether oxygens (including phenoxy) is 2. The Hall–Kier alpha value is -4.39. The van der Waals surface area contributed by atoms with Crippen molar-refractivity contribution in [3.8, 4) is 5.75 Å². The molecule has 0 aliphatic heterocycles. The van der Waals surface area contributed by atoms with E-state index in [4.69, 9.17) is 9.47 Å². The summed E-state index contributed by atoms with van der Waals surface area (Å²) in [6.45, 7) is 4.61. The molecule has 0 radical (unpaired) electrons. The van der Waals surface area contributed by atoms with Crippen molar-refractivity contribution < 1.29 is 23.9 Å². The summed E-state index contributed by atoms with van der Waals surface area (Å²) in [5.41, 5.74) is 1.93. The van der Waals surface area contributed by atoms with Crippen LogP contribution < -0.4 is 15.4 Å². The molecule has 0 aromatic heterocycles. The van der Waals surface area contributed by atoms with Crippen LogP contribution in [-0.2, 0) is 19.7 Å². The fourth-order valence-electron chi connectivity index (χ4n) is 5.28.